The van der Waals surface area contributed by atoms with Gasteiger partial charge < -0.3 is 9.80 Å². The van der Waals surface area contributed by atoms with E-state index in [2.05, 4.69) is 41.0 Å². The molecule has 1 aromatic rings. The van der Waals surface area contributed by atoms with Crippen LogP contribution in [0.1, 0.15) is 5.56 Å². The Bertz CT molecular complexity index is 392. The van der Waals surface area contributed by atoms with Crippen molar-refractivity contribution in [3.05, 3.63) is 23.8 Å². The molecule has 14 heavy (non-hydrogen) atoms. The van der Waals surface area contributed by atoms with Crippen molar-refractivity contribution in [2.24, 2.45) is 0 Å². The minimum Gasteiger partial charge on any atom is -0.355 e. The summed E-state index contributed by atoms with van der Waals surface area (Å²) in [4.78, 5) is 4.24. The first-order valence-corrected chi connectivity index (χ1v) is 4.66. The molecule has 3 heteroatoms. The second-order valence-electron chi connectivity index (χ2n) is 3.69. The first kappa shape index (κ1) is 8.89. The standard InChI is InChI=1S/C11H13N3/c1-9-3-4-10-11(7-9)14(6-5-12)8-13(10)2/h3-4,7H,6,8H2,1-2H3. The highest BCUT2D eigenvalue weighted by molar-refractivity contribution is 5.76. The molecule has 0 unspecified atom stereocenters. The molecular weight excluding hydrogens is 174 g/mol. The highest BCUT2D eigenvalue weighted by Crippen LogP contribution is 2.35. The normalized spacial score (nSPS) is 14.1. The van der Waals surface area contributed by atoms with Crippen LogP contribution in [0.5, 0.6) is 0 Å². The fourth-order valence-corrected chi connectivity index (χ4v) is 1.84. The van der Waals surface area contributed by atoms with E-state index in [4.69, 9.17) is 5.26 Å². The third-order valence-electron chi connectivity index (χ3n) is 2.53. The number of rotatable bonds is 1. The maximum absolute atomic E-state index is 8.70. The van der Waals surface area contributed by atoms with Gasteiger partial charge in [-0.1, -0.05) is 6.07 Å². The number of hydrogen-bond donors (Lipinski definition) is 0. The van der Waals surface area contributed by atoms with Crippen molar-refractivity contribution in [3.63, 3.8) is 0 Å². The van der Waals surface area contributed by atoms with E-state index >= 15 is 0 Å². The molecule has 0 aliphatic carbocycles. The van der Waals surface area contributed by atoms with Crippen LogP contribution < -0.4 is 9.80 Å². The summed E-state index contributed by atoms with van der Waals surface area (Å²) < 4.78 is 0. The lowest BCUT2D eigenvalue weighted by molar-refractivity contribution is 0.878. The van der Waals surface area contributed by atoms with Crippen LogP contribution in [0.25, 0.3) is 0 Å². The molecule has 0 amide bonds. The van der Waals surface area contributed by atoms with E-state index in [0.717, 1.165) is 6.67 Å². The van der Waals surface area contributed by atoms with Crippen molar-refractivity contribution in [1.29, 1.82) is 5.26 Å². The summed E-state index contributed by atoms with van der Waals surface area (Å²) in [7, 11) is 2.05. The Kier molecular flexibility index (Phi) is 2.05. The number of nitrogens with zero attached hydrogens (tertiary/aromatic N) is 3. The van der Waals surface area contributed by atoms with Gasteiger partial charge in [-0.25, -0.2) is 0 Å². The van der Waals surface area contributed by atoms with Crippen LogP contribution in [0.3, 0.4) is 0 Å². The molecule has 0 atom stereocenters. The Morgan fingerprint density at radius 3 is 2.93 bits per heavy atom. The second-order valence-corrected chi connectivity index (χ2v) is 3.69. The van der Waals surface area contributed by atoms with Crippen molar-refractivity contribution in [2.75, 3.05) is 30.1 Å². The van der Waals surface area contributed by atoms with Gasteiger partial charge >= 0.3 is 0 Å². The predicted molar refractivity (Wildman–Crippen MR) is 57.4 cm³/mol. The van der Waals surface area contributed by atoms with Crippen LogP contribution >= 0.6 is 0 Å². The first-order chi connectivity index (χ1) is 6.72. The number of aryl methyl sites for hydroxylation is 1. The fourth-order valence-electron chi connectivity index (χ4n) is 1.84. The van der Waals surface area contributed by atoms with Crippen molar-refractivity contribution in [3.8, 4) is 6.07 Å². The van der Waals surface area contributed by atoms with E-state index in [1.165, 1.54) is 16.9 Å². The molecule has 0 N–H and O–H groups in total. The minimum absolute atomic E-state index is 0.459. The van der Waals surface area contributed by atoms with Gasteiger partial charge in [0, 0.05) is 7.05 Å². The SMILES string of the molecule is Cc1ccc2c(c1)N(CC#N)CN2C. The van der Waals surface area contributed by atoms with Crippen molar-refractivity contribution >= 4 is 11.4 Å². The molecule has 1 aromatic carbocycles. The zero-order valence-corrected chi connectivity index (χ0v) is 8.49. The van der Waals surface area contributed by atoms with Crippen LogP contribution in [0.4, 0.5) is 11.4 Å². The molecule has 0 saturated carbocycles. The Morgan fingerprint density at radius 2 is 2.21 bits per heavy atom. The Balaban J connectivity index is 2.41. The summed E-state index contributed by atoms with van der Waals surface area (Å²) >= 11 is 0. The summed E-state index contributed by atoms with van der Waals surface area (Å²) in [5.74, 6) is 0. The summed E-state index contributed by atoms with van der Waals surface area (Å²) in [5, 5.41) is 8.70. The first-order valence-electron chi connectivity index (χ1n) is 4.66. The second kappa shape index (κ2) is 3.22. The minimum atomic E-state index is 0.459. The zero-order chi connectivity index (χ0) is 10.1. The highest BCUT2D eigenvalue weighted by Gasteiger charge is 2.22. The van der Waals surface area contributed by atoms with E-state index in [0.29, 0.717) is 6.54 Å². The Hall–Kier alpha value is -1.69. The van der Waals surface area contributed by atoms with Gasteiger partial charge in [-0.2, -0.15) is 5.26 Å². The smallest absolute Gasteiger partial charge is 0.107 e. The molecule has 2 rings (SSSR count). The van der Waals surface area contributed by atoms with E-state index < -0.39 is 0 Å². The number of anilines is 2. The third-order valence-corrected chi connectivity index (χ3v) is 2.53. The van der Waals surface area contributed by atoms with E-state index in [-0.39, 0.29) is 0 Å². The largest absolute Gasteiger partial charge is 0.355 e. The van der Waals surface area contributed by atoms with E-state index in [1.807, 2.05) is 7.05 Å². The average molecular weight is 187 g/mol. The maximum Gasteiger partial charge on any atom is 0.107 e. The molecule has 1 heterocycles. The topological polar surface area (TPSA) is 30.3 Å². The van der Waals surface area contributed by atoms with Crippen LogP contribution in [-0.2, 0) is 0 Å². The molecule has 1 aliphatic heterocycles. The quantitative estimate of drug-likeness (QED) is 0.627. The van der Waals surface area contributed by atoms with Gasteiger partial charge in [0.25, 0.3) is 0 Å². The molecule has 72 valence electrons. The van der Waals surface area contributed by atoms with Gasteiger partial charge in [0.15, 0.2) is 0 Å². The lowest BCUT2D eigenvalue weighted by Gasteiger charge is -2.14. The van der Waals surface area contributed by atoms with E-state index in [9.17, 15) is 0 Å². The van der Waals surface area contributed by atoms with Crippen molar-refractivity contribution < 1.29 is 0 Å². The number of nitriles is 1. The average Bonchev–Trinajstić information content (AvgIpc) is 2.44. The molecule has 0 radical (unpaired) electrons. The van der Waals surface area contributed by atoms with Crippen LogP contribution in [0, 0.1) is 18.3 Å². The van der Waals surface area contributed by atoms with Gasteiger partial charge in [0.05, 0.1) is 24.1 Å². The van der Waals surface area contributed by atoms with Crippen LogP contribution in [0.15, 0.2) is 18.2 Å². The predicted octanol–water partition coefficient (Wildman–Crippen LogP) is 1.73. The summed E-state index contributed by atoms with van der Waals surface area (Å²) in [6.45, 7) is 3.34. The summed E-state index contributed by atoms with van der Waals surface area (Å²) in [6, 6.07) is 8.54. The lowest BCUT2D eigenvalue weighted by atomic mass is 10.2. The van der Waals surface area contributed by atoms with Crippen LogP contribution in [0.2, 0.25) is 0 Å². The highest BCUT2D eigenvalue weighted by atomic mass is 15.4. The molecular formula is C11H13N3. The summed E-state index contributed by atoms with van der Waals surface area (Å²) in [6.07, 6.45) is 0. The maximum atomic E-state index is 8.70. The van der Waals surface area contributed by atoms with Crippen LogP contribution in [-0.4, -0.2) is 20.3 Å². The lowest BCUT2D eigenvalue weighted by Crippen LogP contribution is -2.28. The van der Waals surface area contributed by atoms with Gasteiger partial charge in [0.2, 0.25) is 0 Å². The number of fused-ring (bicyclic) bond motifs is 1. The molecule has 0 spiro atoms. The molecule has 0 bridgehead atoms. The summed E-state index contributed by atoms with van der Waals surface area (Å²) in [5.41, 5.74) is 3.63. The Labute approximate surface area is 84.2 Å². The van der Waals surface area contributed by atoms with Gasteiger partial charge in [0.1, 0.15) is 6.54 Å². The molecule has 3 nitrogen and oxygen atoms in total. The monoisotopic (exact) mass is 187 g/mol. The van der Waals surface area contributed by atoms with Crippen molar-refractivity contribution in [1.82, 2.24) is 0 Å². The van der Waals surface area contributed by atoms with Crippen molar-refractivity contribution in [2.45, 2.75) is 6.92 Å². The van der Waals surface area contributed by atoms with E-state index in [1.54, 1.807) is 0 Å². The number of benzene rings is 1. The third kappa shape index (κ3) is 1.29. The molecule has 0 aromatic heterocycles. The van der Waals surface area contributed by atoms with Gasteiger partial charge in [-0.15, -0.1) is 0 Å². The molecule has 0 saturated heterocycles. The fraction of sp³-hybridized carbons (Fsp3) is 0.364. The number of hydrogen-bond acceptors (Lipinski definition) is 3. The molecule has 1 aliphatic rings. The van der Waals surface area contributed by atoms with Gasteiger partial charge in [-0.3, -0.25) is 0 Å². The van der Waals surface area contributed by atoms with Gasteiger partial charge in [-0.05, 0) is 24.6 Å². The zero-order valence-electron chi connectivity index (χ0n) is 8.49. The molecule has 0 fully saturated rings. The Morgan fingerprint density at radius 1 is 1.43 bits per heavy atom.